The molecule has 0 spiro atoms. The van der Waals surface area contributed by atoms with Crippen molar-refractivity contribution in [3.05, 3.63) is 89.0 Å². The average Bonchev–Trinajstić information content (AvgIpc) is 3.07. The van der Waals surface area contributed by atoms with E-state index in [1.165, 1.54) is 12.1 Å². The van der Waals surface area contributed by atoms with Crippen LogP contribution in [0.4, 0.5) is 5.95 Å². The van der Waals surface area contributed by atoms with Gasteiger partial charge >= 0.3 is 0 Å². The molecule has 2 aromatic carbocycles. The van der Waals surface area contributed by atoms with Gasteiger partial charge in [0.1, 0.15) is 12.4 Å². The topological polar surface area (TPSA) is 136 Å². The summed E-state index contributed by atoms with van der Waals surface area (Å²) in [6, 6.07) is 13.6. The zero-order valence-electron chi connectivity index (χ0n) is 30.4. The number of aromatic nitrogens is 4. The van der Waals surface area contributed by atoms with Crippen LogP contribution < -0.4 is 9.46 Å². The Balaban J connectivity index is 1.22. The van der Waals surface area contributed by atoms with Crippen molar-refractivity contribution in [2.45, 2.75) is 95.0 Å². The molecule has 12 heteroatoms. The van der Waals surface area contributed by atoms with Crippen molar-refractivity contribution in [1.82, 2.24) is 24.8 Å². The summed E-state index contributed by atoms with van der Waals surface area (Å²) in [6.07, 6.45) is 8.12. The number of nitrogens with one attached hydrogen (secondary N) is 1. The molecule has 1 unspecified atom stereocenters. The summed E-state index contributed by atoms with van der Waals surface area (Å²) in [7, 11) is -4.17. The third-order valence-corrected chi connectivity index (χ3v) is 12.7. The maximum absolute atomic E-state index is 15.0. The fourth-order valence-electron chi connectivity index (χ4n) is 8.85. The third-order valence-electron chi connectivity index (χ3n) is 11.3. The molecule has 272 valence electrons. The van der Waals surface area contributed by atoms with Crippen molar-refractivity contribution in [2.24, 2.45) is 11.3 Å². The Morgan fingerprint density at radius 1 is 0.962 bits per heavy atom. The molecule has 4 aromatic rings. The van der Waals surface area contributed by atoms with Crippen molar-refractivity contribution in [3.8, 4) is 17.1 Å². The van der Waals surface area contributed by atoms with Gasteiger partial charge in [0.15, 0.2) is 0 Å². The van der Waals surface area contributed by atoms with Crippen molar-refractivity contribution in [1.29, 1.82) is 0 Å². The van der Waals surface area contributed by atoms with Crippen LogP contribution in [0.3, 0.4) is 0 Å². The summed E-state index contributed by atoms with van der Waals surface area (Å²) in [4.78, 5) is 36.0. The second-order valence-electron chi connectivity index (χ2n) is 16.2. The number of carbonyl (C=O) groups excluding carboxylic acids is 1. The second kappa shape index (κ2) is 12.9. The standard InChI is InChI=1S/C40H46N6O5S/c1-24-8-6-9-25(2)34(24)32-17-33-44-38(43-32)45-52(48,49)31-11-7-10-27(16-31)37(47)46(30(23-51-33)20-39(3,4)5)40-18-28(19-40)35(40)36-41-21-29(22-42-36)26-12-14-50-15-13-26/h6-11,16-17,21-22,26,28,30,35H,12-15,18-20,23H2,1-5H3,(H,43,44,45)/t28?,30-,35?,40?/m1/s1. The molecule has 1 amide bonds. The Morgan fingerprint density at radius 3 is 2.31 bits per heavy atom. The van der Waals surface area contributed by atoms with E-state index < -0.39 is 15.6 Å². The number of aryl methyl sites for hydroxylation is 2. The van der Waals surface area contributed by atoms with Gasteiger partial charge in [0.05, 0.1) is 22.2 Å². The van der Waals surface area contributed by atoms with E-state index in [-0.39, 0.29) is 46.6 Å². The highest BCUT2D eigenvalue weighted by molar-refractivity contribution is 7.92. The molecule has 6 bridgehead atoms. The molecule has 3 saturated carbocycles. The molecule has 4 fully saturated rings. The Hall–Kier alpha value is -4.42. The van der Waals surface area contributed by atoms with Crippen LogP contribution in [0.15, 0.2) is 65.8 Å². The Labute approximate surface area is 305 Å². The smallest absolute Gasteiger partial charge is 0.264 e. The van der Waals surface area contributed by atoms with Gasteiger partial charge in [-0.15, -0.1) is 0 Å². The first-order valence-electron chi connectivity index (χ1n) is 18.3. The van der Waals surface area contributed by atoms with Crippen LogP contribution in [0.25, 0.3) is 11.3 Å². The number of carbonyl (C=O) groups is 1. The van der Waals surface area contributed by atoms with Gasteiger partial charge in [0.25, 0.3) is 15.9 Å². The third kappa shape index (κ3) is 6.23. The molecule has 2 aromatic heterocycles. The van der Waals surface area contributed by atoms with Gasteiger partial charge in [-0.2, -0.15) is 4.98 Å². The highest BCUT2D eigenvalue weighted by Gasteiger charge is 2.71. The molecule has 11 nitrogen and oxygen atoms in total. The average molecular weight is 723 g/mol. The summed E-state index contributed by atoms with van der Waals surface area (Å²) in [5.41, 5.74) is 4.12. The van der Waals surface area contributed by atoms with E-state index in [2.05, 4.69) is 35.5 Å². The van der Waals surface area contributed by atoms with Crippen LogP contribution in [0.1, 0.15) is 97.6 Å². The maximum atomic E-state index is 15.0. The Kier molecular flexibility index (Phi) is 8.60. The van der Waals surface area contributed by atoms with Gasteiger partial charge in [-0.1, -0.05) is 45.0 Å². The number of rotatable bonds is 5. The van der Waals surface area contributed by atoms with E-state index >= 15 is 0 Å². The van der Waals surface area contributed by atoms with Crippen LogP contribution in [0.5, 0.6) is 5.88 Å². The molecule has 1 saturated heterocycles. The fraction of sp³-hybridized carbons (Fsp3) is 0.475. The van der Waals surface area contributed by atoms with Crippen LogP contribution in [-0.4, -0.2) is 70.6 Å². The molecule has 0 radical (unpaired) electrons. The Morgan fingerprint density at radius 2 is 1.65 bits per heavy atom. The van der Waals surface area contributed by atoms with Crippen molar-refractivity contribution in [3.63, 3.8) is 0 Å². The fourth-order valence-corrected chi connectivity index (χ4v) is 9.84. The second-order valence-corrected chi connectivity index (χ2v) is 17.9. The molecule has 2 aliphatic heterocycles. The van der Waals surface area contributed by atoms with Crippen molar-refractivity contribution in [2.75, 3.05) is 24.5 Å². The minimum absolute atomic E-state index is 0.0341. The van der Waals surface area contributed by atoms with E-state index in [1.807, 2.05) is 49.3 Å². The first-order chi connectivity index (χ1) is 24.8. The van der Waals surface area contributed by atoms with Crippen LogP contribution in [0.2, 0.25) is 0 Å². The minimum Gasteiger partial charge on any atom is -0.475 e. The predicted octanol–water partition coefficient (Wildman–Crippen LogP) is 6.83. The first-order valence-corrected chi connectivity index (χ1v) is 19.7. The molecular weight excluding hydrogens is 677 g/mol. The lowest BCUT2D eigenvalue weighted by Gasteiger charge is -2.72. The molecule has 1 N–H and O–H groups in total. The van der Waals surface area contributed by atoms with Crippen LogP contribution >= 0.6 is 0 Å². The summed E-state index contributed by atoms with van der Waals surface area (Å²) in [6.45, 7) is 12.1. The molecular formula is C40H46N6O5S. The van der Waals surface area contributed by atoms with Crippen molar-refractivity contribution >= 4 is 21.9 Å². The molecule has 4 heterocycles. The molecule has 2 atom stereocenters. The van der Waals surface area contributed by atoms with Gasteiger partial charge < -0.3 is 14.4 Å². The summed E-state index contributed by atoms with van der Waals surface area (Å²) in [5, 5.41) is 0. The lowest BCUT2D eigenvalue weighted by atomic mass is 9.41. The van der Waals surface area contributed by atoms with Gasteiger partial charge in [0, 0.05) is 48.7 Å². The minimum atomic E-state index is -4.17. The highest BCUT2D eigenvalue weighted by Crippen LogP contribution is 2.69. The SMILES string of the molecule is Cc1cccc(C)c1-c1cc2nc(n1)NS(=O)(=O)c1cccc(c1)C(=O)N(C13CC(C1)C3c1ncc(C3CCOCC3)cn1)[C@H](CC(C)(C)C)CO2. The lowest BCUT2D eigenvalue weighted by Crippen LogP contribution is -2.77. The van der Waals surface area contributed by atoms with E-state index in [0.29, 0.717) is 29.5 Å². The maximum Gasteiger partial charge on any atom is 0.264 e. The number of anilines is 1. The molecule has 3 aliphatic carbocycles. The quantitative estimate of drug-likeness (QED) is 0.235. The lowest BCUT2D eigenvalue weighted by molar-refractivity contribution is -0.174. The number of nitrogens with zero attached hydrogens (tertiary/aromatic N) is 5. The Bertz CT molecular complexity index is 2100. The summed E-state index contributed by atoms with van der Waals surface area (Å²) in [5.74, 6) is 1.36. The number of fused-ring (bicyclic) bond motifs is 4. The summed E-state index contributed by atoms with van der Waals surface area (Å²) >= 11 is 0. The molecule has 52 heavy (non-hydrogen) atoms. The zero-order chi connectivity index (χ0) is 36.4. The number of hydrogen-bond acceptors (Lipinski definition) is 9. The van der Waals surface area contributed by atoms with E-state index in [0.717, 1.165) is 67.0 Å². The van der Waals surface area contributed by atoms with Crippen LogP contribution in [-0.2, 0) is 14.8 Å². The van der Waals surface area contributed by atoms with Crippen LogP contribution in [0, 0.1) is 25.2 Å². The summed E-state index contributed by atoms with van der Waals surface area (Å²) < 4.78 is 42.4. The van der Waals surface area contributed by atoms with Gasteiger partial charge in [0.2, 0.25) is 11.8 Å². The zero-order valence-corrected chi connectivity index (χ0v) is 31.2. The van der Waals surface area contributed by atoms with Gasteiger partial charge in [-0.25, -0.2) is 28.1 Å². The number of benzene rings is 2. The van der Waals surface area contributed by atoms with E-state index in [9.17, 15) is 13.2 Å². The normalized spacial score (nSPS) is 25.7. The number of amides is 1. The highest BCUT2D eigenvalue weighted by atomic mass is 32.2. The number of ether oxygens (including phenoxy) is 2. The molecule has 5 aliphatic rings. The first kappa shape index (κ1) is 34.7. The monoisotopic (exact) mass is 722 g/mol. The van der Waals surface area contributed by atoms with Crippen molar-refractivity contribution < 1.29 is 22.7 Å². The predicted molar refractivity (Wildman–Crippen MR) is 197 cm³/mol. The van der Waals surface area contributed by atoms with E-state index in [4.69, 9.17) is 19.4 Å². The van der Waals surface area contributed by atoms with E-state index in [1.54, 1.807) is 18.2 Å². The molecule has 9 rings (SSSR count). The number of sulfonamides is 1. The number of hydrogen-bond donors (Lipinski definition) is 1. The van der Waals surface area contributed by atoms with Gasteiger partial charge in [-0.3, -0.25) is 4.79 Å². The van der Waals surface area contributed by atoms with Gasteiger partial charge in [-0.05, 0) is 98.1 Å². The largest absolute Gasteiger partial charge is 0.475 e.